The number of piperazine rings is 1. The topological polar surface area (TPSA) is 60.9 Å². The Morgan fingerprint density at radius 3 is 2.20 bits per heavy atom. The van der Waals surface area contributed by atoms with Crippen LogP contribution in [-0.4, -0.2) is 60.2 Å². The Balaban J connectivity index is 1.46. The van der Waals surface area contributed by atoms with Gasteiger partial charge in [-0.2, -0.15) is 0 Å². The lowest BCUT2D eigenvalue weighted by Crippen LogP contribution is -2.52. The van der Waals surface area contributed by atoms with Gasteiger partial charge in [-0.1, -0.05) is 48.5 Å². The van der Waals surface area contributed by atoms with Gasteiger partial charge in [0.25, 0.3) is 0 Å². The third-order valence-electron chi connectivity index (χ3n) is 6.06. The minimum Gasteiger partial charge on any atom is -0.339 e. The van der Waals surface area contributed by atoms with Crippen LogP contribution in [0.3, 0.4) is 0 Å². The SMILES string of the molecule is CC(=O)N1CCN(C(=O)C2CCN(c3ccccc3Cc3ccccc3)C2=O)CC1. The molecule has 0 bridgehead atoms. The smallest absolute Gasteiger partial charge is 0.239 e. The minimum absolute atomic E-state index is 0.0280. The average Bonchev–Trinajstić information content (AvgIpc) is 3.15. The number of hydrogen-bond acceptors (Lipinski definition) is 3. The van der Waals surface area contributed by atoms with Crippen LogP contribution in [0, 0.1) is 5.92 Å². The molecule has 3 amide bonds. The molecule has 0 spiro atoms. The molecule has 1 atom stereocenters. The van der Waals surface area contributed by atoms with Crippen LogP contribution in [0.15, 0.2) is 54.6 Å². The van der Waals surface area contributed by atoms with Gasteiger partial charge in [-0.3, -0.25) is 14.4 Å². The number of carbonyl (C=O) groups excluding carboxylic acids is 3. The predicted molar refractivity (Wildman–Crippen MR) is 115 cm³/mol. The number of carbonyl (C=O) groups is 3. The van der Waals surface area contributed by atoms with Gasteiger partial charge < -0.3 is 14.7 Å². The van der Waals surface area contributed by atoms with E-state index in [1.54, 1.807) is 21.6 Å². The second-order valence-electron chi connectivity index (χ2n) is 7.95. The van der Waals surface area contributed by atoms with Crippen molar-refractivity contribution in [3.05, 3.63) is 65.7 Å². The third kappa shape index (κ3) is 4.08. The average molecular weight is 405 g/mol. The predicted octanol–water partition coefficient (Wildman–Crippen LogP) is 2.32. The lowest BCUT2D eigenvalue weighted by molar-refractivity contribution is -0.144. The van der Waals surface area contributed by atoms with E-state index in [2.05, 4.69) is 12.1 Å². The summed E-state index contributed by atoms with van der Waals surface area (Å²) in [6.45, 7) is 4.15. The maximum atomic E-state index is 13.2. The molecule has 0 saturated carbocycles. The quantitative estimate of drug-likeness (QED) is 0.734. The number of para-hydroxylation sites is 1. The fourth-order valence-electron chi connectivity index (χ4n) is 4.35. The number of amides is 3. The lowest BCUT2D eigenvalue weighted by Gasteiger charge is -2.35. The zero-order valence-electron chi connectivity index (χ0n) is 17.3. The van der Waals surface area contributed by atoms with E-state index in [4.69, 9.17) is 0 Å². The number of hydrogen-bond donors (Lipinski definition) is 0. The van der Waals surface area contributed by atoms with E-state index in [1.165, 1.54) is 5.56 Å². The highest BCUT2D eigenvalue weighted by Gasteiger charge is 2.40. The van der Waals surface area contributed by atoms with Crippen molar-refractivity contribution >= 4 is 23.4 Å². The van der Waals surface area contributed by atoms with Crippen molar-refractivity contribution in [2.75, 3.05) is 37.6 Å². The van der Waals surface area contributed by atoms with Crippen LogP contribution < -0.4 is 4.90 Å². The second-order valence-corrected chi connectivity index (χ2v) is 7.95. The Labute approximate surface area is 177 Å². The molecule has 4 rings (SSSR count). The van der Waals surface area contributed by atoms with E-state index in [9.17, 15) is 14.4 Å². The van der Waals surface area contributed by atoms with Crippen molar-refractivity contribution in [3.63, 3.8) is 0 Å². The normalized spacial score (nSPS) is 19.3. The van der Waals surface area contributed by atoms with Gasteiger partial charge in [-0.25, -0.2) is 0 Å². The van der Waals surface area contributed by atoms with Crippen LogP contribution in [0.1, 0.15) is 24.5 Å². The molecule has 30 heavy (non-hydrogen) atoms. The first-order chi connectivity index (χ1) is 14.5. The van der Waals surface area contributed by atoms with Gasteiger partial charge in [-0.15, -0.1) is 0 Å². The van der Waals surface area contributed by atoms with Crippen LogP contribution in [0.25, 0.3) is 0 Å². The molecule has 2 fully saturated rings. The fourth-order valence-corrected chi connectivity index (χ4v) is 4.35. The highest BCUT2D eigenvalue weighted by Crippen LogP contribution is 2.30. The molecule has 2 aliphatic heterocycles. The first kappa shape index (κ1) is 20.1. The molecule has 0 radical (unpaired) electrons. The van der Waals surface area contributed by atoms with Gasteiger partial charge in [0.1, 0.15) is 5.92 Å². The number of nitrogens with zero attached hydrogens (tertiary/aromatic N) is 3. The van der Waals surface area contributed by atoms with E-state index in [0.717, 1.165) is 17.7 Å². The van der Waals surface area contributed by atoms with E-state index >= 15 is 0 Å². The summed E-state index contributed by atoms with van der Waals surface area (Å²) in [6, 6.07) is 18.1. The molecule has 2 saturated heterocycles. The molecule has 2 aromatic rings. The van der Waals surface area contributed by atoms with Crippen LogP contribution in [0.4, 0.5) is 5.69 Å². The molecule has 2 heterocycles. The molecule has 156 valence electrons. The van der Waals surface area contributed by atoms with Gasteiger partial charge in [0.15, 0.2) is 0 Å². The van der Waals surface area contributed by atoms with Crippen molar-refractivity contribution in [2.24, 2.45) is 5.92 Å². The Morgan fingerprint density at radius 2 is 1.50 bits per heavy atom. The van der Waals surface area contributed by atoms with Gasteiger partial charge in [-0.05, 0) is 30.0 Å². The number of rotatable bonds is 4. The molecule has 2 aliphatic rings. The zero-order chi connectivity index (χ0) is 21.1. The maximum Gasteiger partial charge on any atom is 0.239 e. The summed E-state index contributed by atoms with van der Waals surface area (Å²) < 4.78 is 0. The molecule has 0 N–H and O–H groups in total. The standard InChI is InChI=1S/C24H27N3O3/c1-18(28)25-13-15-26(16-14-25)23(29)21-11-12-27(24(21)30)22-10-6-5-9-20(22)17-19-7-3-2-4-8-19/h2-10,21H,11-17H2,1H3. The van der Waals surface area contributed by atoms with E-state index in [-0.39, 0.29) is 17.7 Å². The van der Waals surface area contributed by atoms with Crippen molar-refractivity contribution in [2.45, 2.75) is 19.8 Å². The summed E-state index contributed by atoms with van der Waals surface area (Å²) in [4.78, 5) is 43.0. The van der Waals surface area contributed by atoms with E-state index in [0.29, 0.717) is 39.1 Å². The molecule has 0 aliphatic carbocycles. The first-order valence-electron chi connectivity index (χ1n) is 10.5. The van der Waals surface area contributed by atoms with E-state index in [1.807, 2.05) is 42.5 Å². The molecule has 2 aromatic carbocycles. The molecule has 1 unspecified atom stereocenters. The summed E-state index contributed by atoms with van der Waals surface area (Å²) >= 11 is 0. The lowest BCUT2D eigenvalue weighted by atomic mass is 10.0. The largest absolute Gasteiger partial charge is 0.339 e. The van der Waals surface area contributed by atoms with Crippen LogP contribution in [-0.2, 0) is 20.8 Å². The molecule has 6 nitrogen and oxygen atoms in total. The van der Waals surface area contributed by atoms with Gasteiger partial charge in [0, 0.05) is 45.3 Å². The summed E-state index contributed by atoms with van der Waals surface area (Å²) in [5.41, 5.74) is 3.16. The molecule has 6 heteroatoms. The maximum absolute atomic E-state index is 13.2. The first-order valence-corrected chi connectivity index (χ1v) is 10.5. The fraction of sp³-hybridized carbons (Fsp3) is 0.375. The molecular weight excluding hydrogens is 378 g/mol. The van der Waals surface area contributed by atoms with Gasteiger partial charge in [0.05, 0.1) is 0 Å². The molecule has 0 aromatic heterocycles. The van der Waals surface area contributed by atoms with E-state index < -0.39 is 5.92 Å². The Kier molecular flexibility index (Phi) is 5.84. The summed E-state index contributed by atoms with van der Waals surface area (Å²) in [5.74, 6) is -0.820. The van der Waals surface area contributed by atoms with Crippen molar-refractivity contribution in [1.82, 2.24) is 9.80 Å². The Hall–Kier alpha value is -3.15. The Bertz CT molecular complexity index is 936. The molecular formula is C24H27N3O3. The van der Waals surface area contributed by atoms with Crippen LogP contribution in [0.5, 0.6) is 0 Å². The van der Waals surface area contributed by atoms with Gasteiger partial charge >= 0.3 is 0 Å². The monoisotopic (exact) mass is 405 g/mol. The third-order valence-corrected chi connectivity index (χ3v) is 6.06. The van der Waals surface area contributed by atoms with Gasteiger partial charge in [0.2, 0.25) is 17.7 Å². The van der Waals surface area contributed by atoms with Crippen molar-refractivity contribution in [3.8, 4) is 0 Å². The number of benzene rings is 2. The highest BCUT2D eigenvalue weighted by molar-refractivity contribution is 6.10. The van der Waals surface area contributed by atoms with Crippen LogP contribution >= 0.6 is 0 Å². The minimum atomic E-state index is -0.626. The number of anilines is 1. The summed E-state index contributed by atoms with van der Waals surface area (Å²) in [6.07, 6.45) is 1.27. The zero-order valence-corrected chi connectivity index (χ0v) is 17.3. The van der Waals surface area contributed by atoms with Crippen molar-refractivity contribution in [1.29, 1.82) is 0 Å². The summed E-state index contributed by atoms with van der Waals surface area (Å²) in [7, 11) is 0. The van der Waals surface area contributed by atoms with Crippen LogP contribution in [0.2, 0.25) is 0 Å². The highest BCUT2D eigenvalue weighted by atomic mass is 16.2. The summed E-state index contributed by atoms with van der Waals surface area (Å²) in [5, 5.41) is 0. The Morgan fingerprint density at radius 1 is 0.867 bits per heavy atom. The van der Waals surface area contributed by atoms with Crippen molar-refractivity contribution < 1.29 is 14.4 Å². The second kappa shape index (κ2) is 8.69.